The maximum Gasteiger partial charge on any atom is 0.335 e. The zero-order valence-corrected chi connectivity index (χ0v) is 12.5. The number of rotatable bonds is 4. The summed E-state index contributed by atoms with van der Waals surface area (Å²) >= 11 is 0. The summed E-state index contributed by atoms with van der Waals surface area (Å²) in [5, 5.41) is 12.1. The van der Waals surface area contributed by atoms with Crippen LogP contribution in [0.2, 0.25) is 0 Å². The number of nitrogens with zero attached hydrogens (tertiary/aromatic N) is 1. The molecule has 1 aliphatic heterocycles. The van der Waals surface area contributed by atoms with Crippen molar-refractivity contribution < 1.29 is 23.1 Å². The van der Waals surface area contributed by atoms with Crippen LogP contribution in [0.25, 0.3) is 0 Å². The van der Waals surface area contributed by atoms with Crippen molar-refractivity contribution in [3.63, 3.8) is 0 Å². The minimum Gasteiger partial charge on any atom is -0.495 e. The van der Waals surface area contributed by atoms with Gasteiger partial charge < -0.3 is 15.2 Å². The summed E-state index contributed by atoms with van der Waals surface area (Å²) in [4.78, 5) is 11.0. The highest BCUT2D eigenvalue weighted by Gasteiger charge is 2.28. The minimum absolute atomic E-state index is 0.00287. The SMILES string of the molecule is COc1cc(C(=O)O)ccc1S(=O)(=O)N1CCCNCC1. The first-order chi connectivity index (χ1) is 9.96. The summed E-state index contributed by atoms with van der Waals surface area (Å²) in [6.45, 7) is 2.18. The summed E-state index contributed by atoms with van der Waals surface area (Å²) < 4.78 is 31.8. The largest absolute Gasteiger partial charge is 0.495 e. The van der Waals surface area contributed by atoms with Crippen molar-refractivity contribution in [1.82, 2.24) is 9.62 Å². The van der Waals surface area contributed by atoms with Crippen LogP contribution in [-0.2, 0) is 10.0 Å². The first-order valence-electron chi connectivity index (χ1n) is 6.59. The van der Waals surface area contributed by atoms with Crippen LogP contribution in [-0.4, -0.2) is 57.1 Å². The average Bonchev–Trinajstić information content (AvgIpc) is 2.76. The van der Waals surface area contributed by atoms with Gasteiger partial charge in [0.15, 0.2) is 0 Å². The van der Waals surface area contributed by atoms with Gasteiger partial charge in [0.1, 0.15) is 10.6 Å². The van der Waals surface area contributed by atoms with Crippen LogP contribution in [0.5, 0.6) is 5.75 Å². The van der Waals surface area contributed by atoms with Crippen molar-refractivity contribution in [3.05, 3.63) is 23.8 Å². The minimum atomic E-state index is -3.70. The van der Waals surface area contributed by atoms with Gasteiger partial charge in [-0.05, 0) is 31.2 Å². The molecule has 1 saturated heterocycles. The van der Waals surface area contributed by atoms with Crippen molar-refractivity contribution in [2.24, 2.45) is 0 Å². The van der Waals surface area contributed by atoms with Gasteiger partial charge in [0.05, 0.1) is 12.7 Å². The van der Waals surface area contributed by atoms with E-state index in [4.69, 9.17) is 9.84 Å². The van der Waals surface area contributed by atoms with E-state index in [-0.39, 0.29) is 16.2 Å². The number of hydrogen-bond donors (Lipinski definition) is 2. The number of carbonyl (C=O) groups is 1. The van der Waals surface area contributed by atoms with Crippen LogP contribution in [0.1, 0.15) is 16.8 Å². The molecule has 2 N–H and O–H groups in total. The van der Waals surface area contributed by atoms with Crippen molar-refractivity contribution in [3.8, 4) is 5.75 Å². The molecule has 1 fully saturated rings. The molecule has 116 valence electrons. The Morgan fingerprint density at radius 1 is 1.33 bits per heavy atom. The molecule has 2 rings (SSSR count). The maximum atomic E-state index is 12.7. The molecule has 1 heterocycles. The zero-order chi connectivity index (χ0) is 15.5. The fourth-order valence-electron chi connectivity index (χ4n) is 2.21. The summed E-state index contributed by atoms with van der Waals surface area (Å²) in [5.41, 5.74) is -0.0108. The second kappa shape index (κ2) is 6.42. The Morgan fingerprint density at radius 3 is 2.76 bits per heavy atom. The number of sulfonamides is 1. The Morgan fingerprint density at radius 2 is 2.10 bits per heavy atom. The Kier molecular flexibility index (Phi) is 4.81. The number of aromatic carboxylic acids is 1. The third-order valence-electron chi connectivity index (χ3n) is 3.33. The summed E-state index contributed by atoms with van der Waals surface area (Å²) in [5.74, 6) is -1.08. The standard InChI is InChI=1S/C13H18N2O5S/c1-20-11-9-10(13(16)17)3-4-12(11)21(18,19)15-7-2-5-14-6-8-15/h3-4,9,14H,2,5-8H2,1H3,(H,16,17). The summed E-state index contributed by atoms with van der Waals surface area (Å²) in [6, 6.07) is 3.79. The molecule has 1 aliphatic rings. The van der Waals surface area contributed by atoms with Gasteiger partial charge in [0.25, 0.3) is 0 Å². The van der Waals surface area contributed by atoms with Gasteiger partial charge in [-0.15, -0.1) is 0 Å². The molecule has 7 nitrogen and oxygen atoms in total. The van der Waals surface area contributed by atoms with E-state index in [2.05, 4.69) is 5.32 Å². The predicted octanol–water partition coefficient (Wildman–Crippen LogP) is 0.377. The third-order valence-corrected chi connectivity index (χ3v) is 5.27. The molecule has 8 heteroatoms. The van der Waals surface area contributed by atoms with E-state index >= 15 is 0 Å². The van der Waals surface area contributed by atoms with Gasteiger partial charge >= 0.3 is 5.97 Å². The van der Waals surface area contributed by atoms with E-state index in [1.54, 1.807) is 0 Å². The molecule has 0 aliphatic carbocycles. The molecular formula is C13H18N2O5S. The molecule has 0 atom stereocenters. The Labute approximate surface area is 123 Å². The number of ether oxygens (including phenoxy) is 1. The molecule has 0 spiro atoms. The molecule has 0 amide bonds. The van der Waals surface area contributed by atoms with E-state index in [1.165, 1.54) is 29.6 Å². The second-order valence-corrected chi connectivity index (χ2v) is 6.58. The van der Waals surface area contributed by atoms with Crippen molar-refractivity contribution in [2.75, 3.05) is 33.3 Å². The molecule has 0 radical (unpaired) electrons. The van der Waals surface area contributed by atoms with E-state index < -0.39 is 16.0 Å². The van der Waals surface area contributed by atoms with Gasteiger partial charge in [-0.1, -0.05) is 0 Å². The highest BCUT2D eigenvalue weighted by Crippen LogP contribution is 2.28. The number of carboxylic acids is 1. The number of hydrogen-bond acceptors (Lipinski definition) is 5. The van der Waals surface area contributed by atoms with Crippen molar-refractivity contribution >= 4 is 16.0 Å². The van der Waals surface area contributed by atoms with Gasteiger partial charge in [0, 0.05) is 19.6 Å². The zero-order valence-electron chi connectivity index (χ0n) is 11.7. The van der Waals surface area contributed by atoms with Crippen LogP contribution < -0.4 is 10.1 Å². The lowest BCUT2D eigenvalue weighted by Gasteiger charge is -2.21. The van der Waals surface area contributed by atoms with Gasteiger partial charge in [-0.3, -0.25) is 0 Å². The highest BCUT2D eigenvalue weighted by atomic mass is 32.2. The maximum absolute atomic E-state index is 12.7. The van der Waals surface area contributed by atoms with Gasteiger partial charge in [-0.2, -0.15) is 4.31 Å². The monoisotopic (exact) mass is 314 g/mol. The lowest BCUT2D eigenvalue weighted by molar-refractivity contribution is 0.0696. The summed E-state index contributed by atoms with van der Waals surface area (Å²) in [6.07, 6.45) is 0.731. The lowest BCUT2D eigenvalue weighted by atomic mass is 10.2. The fraction of sp³-hybridized carbons (Fsp3) is 0.462. The first kappa shape index (κ1) is 15.7. The average molecular weight is 314 g/mol. The first-order valence-corrected chi connectivity index (χ1v) is 8.03. The molecular weight excluding hydrogens is 296 g/mol. The third kappa shape index (κ3) is 3.34. The van der Waals surface area contributed by atoms with Crippen LogP contribution in [0.4, 0.5) is 0 Å². The van der Waals surface area contributed by atoms with Crippen LogP contribution in [0, 0.1) is 0 Å². The Hall–Kier alpha value is -1.64. The van der Waals surface area contributed by atoms with E-state index in [0.717, 1.165) is 13.0 Å². The van der Waals surface area contributed by atoms with Crippen molar-refractivity contribution in [1.29, 1.82) is 0 Å². The van der Waals surface area contributed by atoms with E-state index in [0.29, 0.717) is 19.6 Å². The molecule has 0 aromatic heterocycles. The van der Waals surface area contributed by atoms with Crippen LogP contribution in [0.3, 0.4) is 0 Å². The molecule has 0 bridgehead atoms. The Bertz CT molecular complexity index is 621. The lowest BCUT2D eigenvalue weighted by Crippen LogP contribution is -2.34. The normalized spacial score (nSPS) is 17.2. The van der Waals surface area contributed by atoms with Crippen LogP contribution >= 0.6 is 0 Å². The molecule has 0 unspecified atom stereocenters. The number of nitrogens with one attached hydrogen (secondary N) is 1. The number of carboxylic acid groups (broad SMARTS) is 1. The van der Waals surface area contributed by atoms with E-state index in [9.17, 15) is 13.2 Å². The molecule has 21 heavy (non-hydrogen) atoms. The molecule has 0 saturated carbocycles. The number of methoxy groups -OCH3 is 1. The molecule has 1 aromatic carbocycles. The van der Waals surface area contributed by atoms with Gasteiger partial charge in [0.2, 0.25) is 10.0 Å². The fourth-order valence-corrected chi connectivity index (χ4v) is 3.83. The number of benzene rings is 1. The molecule has 1 aromatic rings. The smallest absolute Gasteiger partial charge is 0.335 e. The predicted molar refractivity (Wildman–Crippen MR) is 76.2 cm³/mol. The highest BCUT2D eigenvalue weighted by molar-refractivity contribution is 7.89. The quantitative estimate of drug-likeness (QED) is 0.834. The van der Waals surface area contributed by atoms with Gasteiger partial charge in [-0.25, -0.2) is 13.2 Å². The second-order valence-electron chi connectivity index (χ2n) is 4.68. The topological polar surface area (TPSA) is 95.9 Å². The van der Waals surface area contributed by atoms with Crippen LogP contribution in [0.15, 0.2) is 23.1 Å². The van der Waals surface area contributed by atoms with Crippen molar-refractivity contribution in [2.45, 2.75) is 11.3 Å². The summed E-state index contributed by atoms with van der Waals surface area (Å²) in [7, 11) is -2.37. The van der Waals surface area contributed by atoms with E-state index in [1.807, 2.05) is 0 Å². The Balaban J connectivity index is 2.41.